The van der Waals surface area contributed by atoms with Crippen molar-refractivity contribution >= 4 is 11.9 Å². The van der Waals surface area contributed by atoms with Gasteiger partial charge in [-0.1, -0.05) is 12.1 Å². The molecule has 1 aliphatic carbocycles. The molecule has 3 fully saturated rings. The first-order valence-corrected chi connectivity index (χ1v) is 8.98. The molecule has 1 atom stereocenters. The Kier molecular flexibility index (Phi) is 3.83. The molecule has 1 aromatic carbocycles. The summed E-state index contributed by atoms with van der Waals surface area (Å²) in [4.78, 5) is 28.8. The summed E-state index contributed by atoms with van der Waals surface area (Å²) in [7, 11) is 0. The van der Waals surface area contributed by atoms with E-state index in [0.717, 1.165) is 57.2 Å². The van der Waals surface area contributed by atoms with Crippen LogP contribution in [0.15, 0.2) is 24.3 Å². The second-order valence-corrected chi connectivity index (χ2v) is 7.40. The number of carboxylic acid groups (broad SMARTS) is 1. The van der Waals surface area contributed by atoms with Gasteiger partial charge in [0.25, 0.3) is 0 Å². The first-order valence-electron chi connectivity index (χ1n) is 8.98. The van der Waals surface area contributed by atoms with E-state index in [2.05, 4.69) is 9.80 Å². The first kappa shape index (κ1) is 15.6. The summed E-state index contributed by atoms with van der Waals surface area (Å²) in [5.41, 5.74) is 0.947. The lowest BCUT2D eigenvalue weighted by molar-refractivity contribution is -0.148. The Hall–Kier alpha value is -1.88. The van der Waals surface area contributed by atoms with Gasteiger partial charge in [-0.25, -0.2) is 4.79 Å². The van der Waals surface area contributed by atoms with Crippen LogP contribution >= 0.6 is 0 Å². The van der Waals surface area contributed by atoms with E-state index >= 15 is 0 Å². The predicted molar refractivity (Wildman–Crippen MR) is 89.7 cm³/mol. The van der Waals surface area contributed by atoms with Crippen LogP contribution in [0.1, 0.15) is 54.4 Å². The van der Waals surface area contributed by atoms with Gasteiger partial charge in [0.2, 0.25) is 5.91 Å². The van der Waals surface area contributed by atoms with Crippen LogP contribution < -0.4 is 0 Å². The summed E-state index contributed by atoms with van der Waals surface area (Å²) in [5.74, 6) is -0.579. The third kappa shape index (κ3) is 2.61. The topological polar surface area (TPSA) is 60.9 Å². The van der Waals surface area contributed by atoms with Gasteiger partial charge >= 0.3 is 5.97 Å². The number of hydrogen-bond acceptors (Lipinski definition) is 3. The number of rotatable bonds is 4. The van der Waals surface area contributed by atoms with Gasteiger partial charge in [0.15, 0.2) is 0 Å². The molecule has 1 N–H and O–H groups in total. The number of aromatic carboxylic acids is 1. The minimum atomic E-state index is -0.901. The highest BCUT2D eigenvalue weighted by molar-refractivity contribution is 5.88. The fourth-order valence-electron chi connectivity index (χ4n) is 4.47. The Morgan fingerprint density at radius 1 is 1.21 bits per heavy atom. The highest BCUT2D eigenvalue weighted by Gasteiger charge is 2.52. The molecule has 1 saturated carbocycles. The van der Waals surface area contributed by atoms with Crippen LogP contribution in [0.5, 0.6) is 0 Å². The molecule has 0 radical (unpaired) electrons. The second kappa shape index (κ2) is 5.88. The standard InChI is InChI=1S/C19H24N2O3/c22-17(23)15-5-1-4-14(12-15)13-20-10-2-8-19(20)9-3-11-21(18(19)24)16-6-7-16/h1,4-5,12,16H,2-3,6-11,13H2,(H,22,23). The summed E-state index contributed by atoms with van der Waals surface area (Å²) < 4.78 is 0. The fourth-order valence-corrected chi connectivity index (χ4v) is 4.47. The zero-order valence-electron chi connectivity index (χ0n) is 13.9. The van der Waals surface area contributed by atoms with Crippen molar-refractivity contribution < 1.29 is 14.7 Å². The Morgan fingerprint density at radius 3 is 2.67 bits per heavy atom. The van der Waals surface area contributed by atoms with Gasteiger partial charge in [-0.3, -0.25) is 9.69 Å². The molecule has 3 aliphatic rings. The molecule has 0 aromatic heterocycles. The molecule has 1 unspecified atom stereocenters. The predicted octanol–water partition coefficient (Wildman–Crippen LogP) is 2.50. The lowest BCUT2D eigenvalue weighted by Gasteiger charge is -2.45. The molecule has 1 amide bonds. The van der Waals surface area contributed by atoms with Crippen molar-refractivity contribution in [1.29, 1.82) is 0 Å². The Balaban J connectivity index is 1.57. The molecule has 1 aromatic rings. The lowest BCUT2D eigenvalue weighted by Crippen LogP contribution is -2.60. The van der Waals surface area contributed by atoms with E-state index in [1.807, 2.05) is 6.07 Å². The second-order valence-electron chi connectivity index (χ2n) is 7.40. The molecular weight excluding hydrogens is 304 g/mol. The maximum atomic E-state index is 13.2. The van der Waals surface area contributed by atoms with E-state index in [-0.39, 0.29) is 5.54 Å². The highest BCUT2D eigenvalue weighted by atomic mass is 16.4. The molecule has 1 spiro atoms. The summed E-state index contributed by atoms with van der Waals surface area (Å²) >= 11 is 0. The molecule has 4 rings (SSSR count). The van der Waals surface area contributed by atoms with Crippen molar-refractivity contribution in [3.63, 3.8) is 0 Å². The number of likely N-dealkylation sites (tertiary alicyclic amines) is 2. The summed E-state index contributed by atoms with van der Waals surface area (Å²) in [6, 6.07) is 7.59. The lowest BCUT2D eigenvalue weighted by atomic mass is 9.85. The summed E-state index contributed by atoms with van der Waals surface area (Å²) in [5, 5.41) is 9.18. The molecule has 0 bridgehead atoms. The fraction of sp³-hybridized carbons (Fsp3) is 0.579. The minimum absolute atomic E-state index is 0.315. The summed E-state index contributed by atoms with van der Waals surface area (Å²) in [6.07, 6.45) is 6.31. The van der Waals surface area contributed by atoms with Gasteiger partial charge in [-0.2, -0.15) is 0 Å². The third-order valence-corrected chi connectivity index (χ3v) is 5.81. The first-order chi connectivity index (χ1) is 11.6. The number of piperidine rings is 1. The number of carboxylic acids is 1. The molecule has 2 aliphatic heterocycles. The molecule has 5 heteroatoms. The zero-order valence-corrected chi connectivity index (χ0v) is 13.9. The summed E-state index contributed by atoms with van der Waals surface area (Å²) in [6.45, 7) is 2.49. The van der Waals surface area contributed by atoms with Crippen LogP contribution in [-0.2, 0) is 11.3 Å². The average Bonchev–Trinajstić information content (AvgIpc) is 3.34. The van der Waals surface area contributed by atoms with Gasteiger partial charge < -0.3 is 10.0 Å². The van der Waals surface area contributed by atoms with E-state index < -0.39 is 5.97 Å². The molecule has 2 heterocycles. The number of nitrogens with zero attached hydrogens (tertiary/aromatic N) is 2. The molecule has 2 saturated heterocycles. The highest BCUT2D eigenvalue weighted by Crippen LogP contribution is 2.42. The Labute approximate surface area is 142 Å². The normalized spacial score (nSPS) is 27.8. The van der Waals surface area contributed by atoms with E-state index in [0.29, 0.717) is 24.1 Å². The van der Waals surface area contributed by atoms with Crippen molar-refractivity contribution in [2.24, 2.45) is 0 Å². The van der Waals surface area contributed by atoms with Gasteiger partial charge in [-0.15, -0.1) is 0 Å². The van der Waals surface area contributed by atoms with E-state index in [1.165, 1.54) is 0 Å². The van der Waals surface area contributed by atoms with Gasteiger partial charge in [0.1, 0.15) is 5.54 Å². The Morgan fingerprint density at radius 2 is 1.96 bits per heavy atom. The maximum Gasteiger partial charge on any atom is 0.335 e. The van der Waals surface area contributed by atoms with Crippen LogP contribution in [0, 0.1) is 0 Å². The minimum Gasteiger partial charge on any atom is -0.478 e. The van der Waals surface area contributed by atoms with Crippen molar-refractivity contribution in [3.05, 3.63) is 35.4 Å². The van der Waals surface area contributed by atoms with E-state index in [1.54, 1.807) is 18.2 Å². The van der Waals surface area contributed by atoms with Crippen molar-refractivity contribution in [1.82, 2.24) is 9.80 Å². The molecule has 5 nitrogen and oxygen atoms in total. The number of hydrogen-bond donors (Lipinski definition) is 1. The largest absolute Gasteiger partial charge is 0.478 e. The average molecular weight is 328 g/mol. The number of carbonyl (C=O) groups excluding carboxylic acids is 1. The Bertz CT molecular complexity index is 670. The number of benzene rings is 1. The maximum absolute atomic E-state index is 13.2. The van der Waals surface area contributed by atoms with Crippen LogP contribution in [0.25, 0.3) is 0 Å². The smallest absolute Gasteiger partial charge is 0.335 e. The number of carbonyl (C=O) groups is 2. The van der Waals surface area contributed by atoms with Gasteiger partial charge in [0.05, 0.1) is 5.56 Å². The van der Waals surface area contributed by atoms with Gasteiger partial charge in [0, 0.05) is 19.1 Å². The SMILES string of the molecule is O=C(O)c1cccc(CN2CCCC23CCCN(C2CC2)C3=O)c1. The van der Waals surface area contributed by atoms with Crippen molar-refractivity contribution in [2.45, 2.75) is 56.7 Å². The molecule has 128 valence electrons. The van der Waals surface area contributed by atoms with Crippen LogP contribution in [0.2, 0.25) is 0 Å². The van der Waals surface area contributed by atoms with Crippen LogP contribution in [0.4, 0.5) is 0 Å². The number of amides is 1. The van der Waals surface area contributed by atoms with E-state index in [4.69, 9.17) is 0 Å². The molecular formula is C19H24N2O3. The van der Waals surface area contributed by atoms with Crippen molar-refractivity contribution in [2.75, 3.05) is 13.1 Å². The zero-order chi connectivity index (χ0) is 16.7. The molecule has 24 heavy (non-hydrogen) atoms. The van der Waals surface area contributed by atoms with Gasteiger partial charge in [-0.05, 0) is 62.8 Å². The van der Waals surface area contributed by atoms with E-state index in [9.17, 15) is 14.7 Å². The monoisotopic (exact) mass is 328 g/mol. The van der Waals surface area contributed by atoms with Crippen LogP contribution in [0.3, 0.4) is 0 Å². The third-order valence-electron chi connectivity index (χ3n) is 5.81. The van der Waals surface area contributed by atoms with Crippen LogP contribution in [-0.4, -0.2) is 51.5 Å². The van der Waals surface area contributed by atoms with Crippen molar-refractivity contribution in [3.8, 4) is 0 Å². The quantitative estimate of drug-likeness (QED) is 0.922.